The highest BCUT2D eigenvalue weighted by molar-refractivity contribution is 5.91. The van der Waals surface area contributed by atoms with E-state index < -0.39 is 0 Å². The van der Waals surface area contributed by atoms with E-state index in [2.05, 4.69) is 11.9 Å². The van der Waals surface area contributed by atoms with Gasteiger partial charge in [-0.3, -0.25) is 4.79 Å². The van der Waals surface area contributed by atoms with Crippen molar-refractivity contribution in [1.29, 1.82) is 0 Å². The van der Waals surface area contributed by atoms with Crippen LogP contribution in [0.15, 0.2) is 12.2 Å². The average Bonchev–Trinajstić information content (AvgIpc) is 2.05. The van der Waals surface area contributed by atoms with Crippen LogP contribution >= 0.6 is 0 Å². The van der Waals surface area contributed by atoms with Gasteiger partial charge in [-0.1, -0.05) is 6.08 Å². The van der Waals surface area contributed by atoms with Crippen LogP contribution < -0.4 is 0 Å². The highest BCUT2D eigenvalue weighted by atomic mass is 16.1. The molecular formula is C10H17NO. The molecule has 0 spiro atoms. The van der Waals surface area contributed by atoms with Gasteiger partial charge in [0.1, 0.15) is 0 Å². The standard InChI is InChI=1S/C10H17NO/c1-3-5-10(12)9-6-4-7-11(2)8-9/h3,5,9H,4,6-8H2,1-2H3. The average molecular weight is 167 g/mol. The maximum atomic E-state index is 11.4. The second kappa shape index (κ2) is 4.41. The van der Waals surface area contributed by atoms with Crippen LogP contribution in [0.3, 0.4) is 0 Å². The normalized spacial score (nSPS) is 26.3. The molecular weight excluding hydrogens is 150 g/mol. The van der Waals surface area contributed by atoms with Gasteiger partial charge in [-0.05, 0) is 39.4 Å². The molecule has 12 heavy (non-hydrogen) atoms. The Labute approximate surface area is 74.2 Å². The third-order valence-electron chi connectivity index (χ3n) is 2.36. The van der Waals surface area contributed by atoms with Crippen LogP contribution in [0.1, 0.15) is 19.8 Å². The number of nitrogens with zero attached hydrogens (tertiary/aromatic N) is 1. The predicted octanol–water partition coefficient (Wildman–Crippen LogP) is 1.47. The van der Waals surface area contributed by atoms with E-state index in [1.807, 2.05) is 13.0 Å². The van der Waals surface area contributed by atoms with E-state index in [0.29, 0.717) is 5.78 Å². The lowest BCUT2D eigenvalue weighted by atomic mass is 9.94. The van der Waals surface area contributed by atoms with E-state index in [9.17, 15) is 4.79 Å². The molecule has 0 amide bonds. The van der Waals surface area contributed by atoms with Crippen molar-refractivity contribution in [3.63, 3.8) is 0 Å². The number of ketones is 1. The number of rotatable bonds is 2. The number of carbonyl (C=O) groups excluding carboxylic acids is 1. The Hall–Kier alpha value is -0.630. The van der Waals surface area contributed by atoms with Gasteiger partial charge in [0.25, 0.3) is 0 Å². The van der Waals surface area contributed by atoms with Gasteiger partial charge in [-0.2, -0.15) is 0 Å². The minimum absolute atomic E-state index is 0.250. The van der Waals surface area contributed by atoms with Gasteiger partial charge in [0, 0.05) is 12.5 Å². The second-order valence-corrected chi connectivity index (χ2v) is 3.50. The predicted molar refractivity (Wildman–Crippen MR) is 50.0 cm³/mol. The van der Waals surface area contributed by atoms with Crippen molar-refractivity contribution in [1.82, 2.24) is 4.90 Å². The molecule has 2 heteroatoms. The molecule has 1 aliphatic heterocycles. The molecule has 0 N–H and O–H groups in total. The van der Waals surface area contributed by atoms with E-state index in [4.69, 9.17) is 0 Å². The summed E-state index contributed by atoms with van der Waals surface area (Å²) in [5.41, 5.74) is 0. The van der Waals surface area contributed by atoms with Gasteiger partial charge in [0.15, 0.2) is 5.78 Å². The minimum Gasteiger partial charge on any atom is -0.306 e. The summed E-state index contributed by atoms with van der Waals surface area (Å²) >= 11 is 0. The highest BCUT2D eigenvalue weighted by Gasteiger charge is 2.21. The largest absolute Gasteiger partial charge is 0.306 e. The third-order valence-corrected chi connectivity index (χ3v) is 2.36. The zero-order valence-electron chi connectivity index (χ0n) is 7.92. The smallest absolute Gasteiger partial charge is 0.159 e. The first-order valence-electron chi connectivity index (χ1n) is 4.59. The number of piperidine rings is 1. The van der Waals surface area contributed by atoms with E-state index >= 15 is 0 Å². The highest BCUT2D eigenvalue weighted by Crippen LogP contribution is 2.16. The number of carbonyl (C=O) groups is 1. The number of hydrogen-bond acceptors (Lipinski definition) is 2. The monoisotopic (exact) mass is 167 g/mol. The fourth-order valence-electron chi connectivity index (χ4n) is 1.70. The lowest BCUT2D eigenvalue weighted by Crippen LogP contribution is -2.35. The first kappa shape index (κ1) is 9.46. The molecule has 0 bridgehead atoms. The van der Waals surface area contributed by atoms with E-state index in [-0.39, 0.29) is 5.92 Å². The molecule has 0 aromatic carbocycles. The Balaban J connectivity index is 2.45. The molecule has 0 aromatic heterocycles. The Bertz CT molecular complexity index is 186. The van der Waals surface area contributed by atoms with Crippen molar-refractivity contribution in [2.24, 2.45) is 5.92 Å². The topological polar surface area (TPSA) is 20.3 Å². The zero-order chi connectivity index (χ0) is 8.97. The van der Waals surface area contributed by atoms with Crippen LogP contribution in [0.25, 0.3) is 0 Å². The Morgan fingerprint density at radius 3 is 2.92 bits per heavy atom. The molecule has 2 nitrogen and oxygen atoms in total. The Morgan fingerprint density at radius 2 is 2.33 bits per heavy atom. The van der Waals surface area contributed by atoms with Crippen LogP contribution in [0, 0.1) is 5.92 Å². The fraction of sp³-hybridized carbons (Fsp3) is 0.700. The molecule has 1 atom stereocenters. The van der Waals surface area contributed by atoms with Gasteiger partial charge >= 0.3 is 0 Å². The van der Waals surface area contributed by atoms with Gasteiger partial charge in [-0.15, -0.1) is 0 Å². The van der Waals surface area contributed by atoms with Crippen LogP contribution in [-0.4, -0.2) is 30.8 Å². The Kier molecular flexibility index (Phi) is 3.48. The zero-order valence-corrected chi connectivity index (χ0v) is 7.92. The molecule has 1 saturated heterocycles. The third kappa shape index (κ3) is 2.45. The van der Waals surface area contributed by atoms with Crippen LogP contribution in [0.5, 0.6) is 0 Å². The molecule has 68 valence electrons. The SMILES string of the molecule is CC=CC(=O)C1CCCN(C)C1. The molecule has 1 aliphatic rings. The molecule has 0 aliphatic carbocycles. The van der Waals surface area contributed by atoms with Crippen molar-refractivity contribution in [3.8, 4) is 0 Å². The van der Waals surface area contributed by atoms with E-state index in [0.717, 1.165) is 25.9 Å². The summed E-state index contributed by atoms with van der Waals surface area (Å²) in [6.07, 6.45) is 5.75. The summed E-state index contributed by atoms with van der Waals surface area (Å²) in [6, 6.07) is 0. The van der Waals surface area contributed by atoms with Crippen molar-refractivity contribution < 1.29 is 4.79 Å². The van der Waals surface area contributed by atoms with Crippen LogP contribution in [0.4, 0.5) is 0 Å². The molecule has 0 saturated carbocycles. The van der Waals surface area contributed by atoms with Gasteiger partial charge in [-0.25, -0.2) is 0 Å². The van der Waals surface area contributed by atoms with Crippen molar-refractivity contribution in [2.75, 3.05) is 20.1 Å². The minimum atomic E-state index is 0.250. The van der Waals surface area contributed by atoms with Crippen LogP contribution in [-0.2, 0) is 4.79 Å². The first-order valence-corrected chi connectivity index (χ1v) is 4.59. The lowest BCUT2D eigenvalue weighted by Gasteiger charge is -2.27. The quantitative estimate of drug-likeness (QED) is 0.580. The molecule has 1 fully saturated rings. The van der Waals surface area contributed by atoms with Crippen LogP contribution in [0.2, 0.25) is 0 Å². The molecule has 1 rings (SSSR count). The summed E-state index contributed by atoms with van der Waals surface area (Å²) in [4.78, 5) is 13.7. The second-order valence-electron chi connectivity index (χ2n) is 3.50. The van der Waals surface area contributed by atoms with Crippen molar-refractivity contribution in [3.05, 3.63) is 12.2 Å². The van der Waals surface area contributed by atoms with Gasteiger partial charge < -0.3 is 4.90 Å². The summed E-state index contributed by atoms with van der Waals surface area (Å²) in [5, 5.41) is 0. The fourth-order valence-corrected chi connectivity index (χ4v) is 1.70. The summed E-state index contributed by atoms with van der Waals surface area (Å²) in [6.45, 7) is 3.97. The van der Waals surface area contributed by atoms with E-state index in [1.165, 1.54) is 0 Å². The first-order chi connectivity index (χ1) is 5.74. The number of allylic oxidation sites excluding steroid dienone is 2. The molecule has 1 unspecified atom stereocenters. The number of likely N-dealkylation sites (tertiary alicyclic amines) is 1. The molecule has 1 heterocycles. The summed E-state index contributed by atoms with van der Waals surface area (Å²) in [5.74, 6) is 0.545. The Morgan fingerprint density at radius 1 is 1.58 bits per heavy atom. The van der Waals surface area contributed by atoms with Crippen molar-refractivity contribution in [2.45, 2.75) is 19.8 Å². The van der Waals surface area contributed by atoms with Gasteiger partial charge in [0.05, 0.1) is 0 Å². The molecule has 0 aromatic rings. The molecule has 0 radical (unpaired) electrons. The maximum Gasteiger partial charge on any atom is 0.159 e. The summed E-state index contributed by atoms with van der Waals surface area (Å²) < 4.78 is 0. The maximum absolute atomic E-state index is 11.4. The van der Waals surface area contributed by atoms with E-state index in [1.54, 1.807) is 6.08 Å². The van der Waals surface area contributed by atoms with Gasteiger partial charge in [0.2, 0.25) is 0 Å². The number of hydrogen-bond donors (Lipinski definition) is 0. The lowest BCUT2D eigenvalue weighted by molar-refractivity contribution is -0.119. The summed E-state index contributed by atoms with van der Waals surface area (Å²) in [7, 11) is 2.08. The van der Waals surface area contributed by atoms with Crippen molar-refractivity contribution >= 4 is 5.78 Å².